The monoisotopic (exact) mass is 326 g/mol. The van der Waals surface area contributed by atoms with Crippen molar-refractivity contribution in [1.82, 2.24) is 9.72 Å². The van der Waals surface area contributed by atoms with Gasteiger partial charge in [0, 0.05) is 29.9 Å². The Bertz CT molecular complexity index is 775. The maximum Gasteiger partial charge on any atom is 0.250 e. The standard InChI is InChI=1S/C18H20N2O2.C2H6/c1-13-18(14(2)22-19-13)16-8-9-17(21)20(12-16)11-10-15-6-4-3-5-7-15;1-2/h4,6-9,12H,3,5,10-11H2,1-2H3;1-2H3. The molecule has 0 fully saturated rings. The maximum absolute atomic E-state index is 12.1. The van der Waals surface area contributed by atoms with Crippen molar-refractivity contribution in [2.45, 2.75) is 53.5 Å². The molecule has 0 radical (unpaired) electrons. The zero-order chi connectivity index (χ0) is 17.5. The average Bonchev–Trinajstić information content (AvgIpc) is 2.96. The minimum absolute atomic E-state index is 0.0240. The first-order valence-corrected chi connectivity index (χ1v) is 8.64. The number of allylic oxidation sites excluding steroid dienone is 4. The van der Waals surface area contributed by atoms with Gasteiger partial charge < -0.3 is 9.09 Å². The van der Waals surface area contributed by atoms with Crippen LogP contribution in [0.4, 0.5) is 0 Å². The molecule has 0 amide bonds. The Morgan fingerprint density at radius 1 is 1.21 bits per heavy atom. The molecule has 0 atom stereocenters. The van der Waals surface area contributed by atoms with Gasteiger partial charge in [-0.25, -0.2) is 0 Å². The van der Waals surface area contributed by atoms with E-state index in [1.54, 1.807) is 10.6 Å². The van der Waals surface area contributed by atoms with Gasteiger partial charge in [0.2, 0.25) is 0 Å². The van der Waals surface area contributed by atoms with Gasteiger partial charge in [0.15, 0.2) is 0 Å². The van der Waals surface area contributed by atoms with Crippen molar-refractivity contribution >= 4 is 0 Å². The van der Waals surface area contributed by atoms with Crippen molar-refractivity contribution in [2.75, 3.05) is 0 Å². The van der Waals surface area contributed by atoms with Crippen molar-refractivity contribution < 1.29 is 4.52 Å². The van der Waals surface area contributed by atoms with Crippen molar-refractivity contribution in [2.24, 2.45) is 0 Å². The normalized spacial score (nSPS) is 13.2. The van der Waals surface area contributed by atoms with Gasteiger partial charge in [-0.3, -0.25) is 4.79 Å². The Morgan fingerprint density at radius 2 is 2.00 bits per heavy atom. The lowest BCUT2D eigenvalue weighted by Gasteiger charge is -2.10. The van der Waals surface area contributed by atoms with Crippen LogP contribution in [0.15, 0.2) is 51.4 Å². The van der Waals surface area contributed by atoms with Crippen LogP contribution < -0.4 is 5.56 Å². The smallest absolute Gasteiger partial charge is 0.250 e. The molecule has 24 heavy (non-hydrogen) atoms. The number of nitrogens with zero attached hydrogens (tertiary/aromatic N) is 2. The van der Waals surface area contributed by atoms with Crippen LogP contribution in [0.2, 0.25) is 0 Å². The third-order valence-corrected chi connectivity index (χ3v) is 4.02. The molecule has 1 aliphatic rings. The molecule has 0 N–H and O–H groups in total. The number of aryl methyl sites for hydroxylation is 3. The fourth-order valence-corrected chi connectivity index (χ4v) is 2.85. The molecule has 0 aromatic carbocycles. The van der Waals surface area contributed by atoms with E-state index in [-0.39, 0.29) is 5.56 Å². The topological polar surface area (TPSA) is 48.0 Å². The SMILES string of the molecule is CC.Cc1noc(C)c1-c1ccc(=O)n(CCC2=CCCC=C2)c1. The van der Waals surface area contributed by atoms with Crippen molar-refractivity contribution in [3.63, 3.8) is 0 Å². The third kappa shape index (κ3) is 4.13. The molecule has 0 saturated heterocycles. The van der Waals surface area contributed by atoms with E-state index in [4.69, 9.17) is 4.52 Å². The summed E-state index contributed by atoms with van der Waals surface area (Å²) in [6.07, 6.45) is 11.6. The predicted octanol–water partition coefficient (Wildman–Crippen LogP) is 4.81. The second-order valence-corrected chi connectivity index (χ2v) is 5.66. The summed E-state index contributed by atoms with van der Waals surface area (Å²) < 4.78 is 6.99. The van der Waals surface area contributed by atoms with E-state index in [1.165, 1.54) is 5.57 Å². The summed E-state index contributed by atoms with van der Waals surface area (Å²) in [6, 6.07) is 3.46. The highest BCUT2D eigenvalue weighted by molar-refractivity contribution is 5.66. The average molecular weight is 326 g/mol. The Balaban J connectivity index is 0.00000100. The minimum atomic E-state index is 0.0240. The molecule has 2 aromatic rings. The van der Waals surface area contributed by atoms with Crippen LogP contribution in [0.3, 0.4) is 0 Å². The number of hydrogen-bond donors (Lipinski definition) is 0. The summed E-state index contributed by atoms with van der Waals surface area (Å²) >= 11 is 0. The molecule has 0 aliphatic heterocycles. The fourth-order valence-electron chi connectivity index (χ4n) is 2.85. The number of rotatable bonds is 4. The first-order valence-electron chi connectivity index (χ1n) is 8.64. The molecule has 0 spiro atoms. The second kappa shape index (κ2) is 8.48. The molecule has 3 rings (SSSR count). The van der Waals surface area contributed by atoms with Crippen LogP contribution >= 0.6 is 0 Å². The van der Waals surface area contributed by atoms with E-state index < -0.39 is 0 Å². The lowest BCUT2D eigenvalue weighted by atomic mass is 10.0. The number of aromatic nitrogens is 2. The van der Waals surface area contributed by atoms with Crippen LogP contribution in [-0.2, 0) is 6.54 Å². The molecular formula is C20H26N2O2. The van der Waals surface area contributed by atoms with E-state index in [2.05, 4.69) is 23.4 Å². The van der Waals surface area contributed by atoms with Crippen molar-refractivity contribution in [3.05, 3.63) is 63.9 Å². The Kier molecular flexibility index (Phi) is 6.36. The van der Waals surface area contributed by atoms with Crippen LogP contribution in [0.1, 0.15) is 44.6 Å². The van der Waals surface area contributed by atoms with Crippen LogP contribution in [0.5, 0.6) is 0 Å². The highest BCUT2D eigenvalue weighted by Gasteiger charge is 2.12. The van der Waals surface area contributed by atoms with Crippen LogP contribution in [0.25, 0.3) is 11.1 Å². The van der Waals surface area contributed by atoms with Crippen molar-refractivity contribution in [3.8, 4) is 11.1 Å². The first-order chi connectivity index (χ1) is 11.6. The molecule has 2 aromatic heterocycles. The Labute approximate surface area is 143 Å². The molecule has 4 heteroatoms. The van der Waals surface area contributed by atoms with Gasteiger partial charge in [0.05, 0.1) is 5.69 Å². The van der Waals surface area contributed by atoms with Gasteiger partial charge in [-0.05, 0) is 39.2 Å². The number of hydrogen-bond acceptors (Lipinski definition) is 3. The summed E-state index contributed by atoms with van der Waals surface area (Å²) in [7, 11) is 0. The second-order valence-electron chi connectivity index (χ2n) is 5.66. The van der Waals surface area contributed by atoms with Crippen LogP contribution in [0, 0.1) is 13.8 Å². The Morgan fingerprint density at radius 3 is 2.62 bits per heavy atom. The molecule has 2 heterocycles. The van der Waals surface area contributed by atoms with E-state index in [9.17, 15) is 4.79 Å². The van der Waals surface area contributed by atoms with E-state index in [0.717, 1.165) is 41.8 Å². The lowest BCUT2D eigenvalue weighted by Crippen LogP contribution is -2.18. The summed E-state index contributed by atoms with van der Waals surface area (Å²) in [5.41, 5.74) is 4.13. The van der Waals surface area contributed by atoms with Gasteiger partial charge in [0.1, 0.15) is 5.76 Å². The predicted molar refractivity (Wildman–Crippen MR) is 98.1 cm³/mol. The van der Waals surface area contributed by atoms with E-state index in [0.29, 0.717) is 6.54 Å². The van der Waals surface area contributed by atoms with Gasteiger partial charge >= 0.3 is 0 Å². The number of pyridine rings is 1. The van der Waals surface area contributed by atoms with Gasteiger partial charge in [-0.15, -0.1) is 0 Å². The zero-order valence-electron chi connectivity index (χ0n) is 15.0. The molecule has 128 valence electrons. The summed E-state index contributed by atoms with van der Waals surface area (Å²) in [5, 5.41) is 3.98. The molecule has 0 unspecified atom stereocenters. The molecule has 4 nitrogen and oxygen atoms in total. The van der Waals surface area contributed by atoms with Crippen molar-refractivity contribution in [1.29, 1.82) is 0 Å². The lowest BCUT2D eigenvalue weighted by molar-refractivity contribution is 0.393. The molecular weight excluding hydrogens is 300 g/mol. The third-order valence-electron chi connectivity index (χ3n) is 4.02. The van der Waals surface area contributed by atoms with E-state index in [1.807, 2.05) is 40.0 Å². The summed E-state index contributed by atoms with van der Waals surface area (Å²) in [5.74, 6) is 0.778. The zero-order valence-corrected chi connectivity index (χ0v) is 15.0. The molecule has 0 bridgehead atoms. The summed E-state index contributed by atoms with van der Waals surface area (Å²) in [6.45, 7) is 8.49. The minimum Gasteiger partial charge on any atom is -0.361 e. The fraction of sp³-hybridized carbons (Fsp3) is 0.400. The van der Waals surface area contributed by atoms with Gasteiger partial charge in [-0.2, -0.15) is 0 Å². The molecule has 1 aliphatic carbocycles. The van der Waals surface area contributed by atoms with Gasteiger partial charge in [0.25, 0.3) is 5.56 Å². The Hall–Kier alpha value is -2.36. The highest BCUT2D eigenvalue weighted by atomic mass is 16.5. The maximum atomic E-state index is 12.1. The molecule has 0 saturated carbocycles. The quantitative estimate of drug-likeness (QED) is 0.810. The van der Waals surface area contributed by atoms with E-state index >= 15 is 0 Å². The highest BCUT2D eigenvalue weighted by Crippen LogP contribution is 2.25. The van der Waals surface area contributed by atoms with Crippen LogP contribution in [-0.4, -0.2) is 9.72 Å². The first kappa shape index (κ1) is 18.0. The van der Waals surface area contributed by atoms with Gasteiger partial charge in [-0.1, -0.05) is 42.8 Å². The summed E-state index contributed by atoms with van der Waals surface area (Å²) in [4.78, 5) is 12.1. The largest absolute Gasteiger partial charge is 0.361 e.